The Morgan fingerprint density at radius 2 is 1.24 bits per heavy atom. The molecule has 0 radical (unpaired) electrons. The van der Waals surface area contributed by atoms with Gasteiger partial charge in [-0.25, -0.2) is 0 Å². The summed E-state index contributed by atoms with van der Waals surface area (Å²) in [7, 11) is 0. The van der Waals surface area contributed by atoms with Crippen molar-refractivity contribution in [2.24, 2.45) is 0 Å². The second-order valence-electron chi connectivity index (χ2n) is 4.70. The van der Waals surface area contributed by atoms with Gasteiger partial charge >= 0.3 is 0 Å². The van der Waals surface area contributed by atoms with E-state index < -0.39 is 0 Å². The molecule has 0 aromatic heterocycles. The van der Waals surface area contributed by atoms with Gasteiger partial charge in [-0.1, -0.05) is 54.6 Å². The molecule has 0 N–H and O–H groups in total. The van der Waals surface area contributed by atoms with E-state index in [4.69, 9.17) is 23.2 Å². The lowest BCUT2D eigenvalue weighted by Crippen LogP contribution is -2.27. The van der Waals surface area contributed by atoms with E-state index in [-0.39, 0.29) is 0 Å². The molecule has 0 unspecified atom stereocenters. The lowest BCUT2D eigenvalue weighted by molar-refractivity contribution is 0.874. The Balaban J connectivity index is 2.06. The molecule has 0 aliphatic carbocycles. The lowest BCUT2D eigenvalue weighted by atomic mass is 10.1. The van der Waals surface area contributed by atoms with Gasteiger partial charge in [-0.2, -0.15) is 0 Å². The number of nitrogens with zero attached hydrogens (tertiary/aromatic N) is 1. The SMILES string of the molecule is ClCCN(CCCl)c1ccc(/C=C/c2ccccc2)cc1. The standard InChI is InChI=1S/C18H19Cl2N/c19-12-14-21(15-13-20)18-10-8-17(9-11-18)7-6-16-4-2-1-3-5-16/h1-11H,12-15H2/b7-6+. The molecule has 0 saturated carbocycles. The molecule has 0 aliphatic rings. The van der Waals surface area contributed by atoms with Crippen LogP contribution in [0.5, 0.6) is 0 Å². The number of halogens is 2. The van der Waals surface area contributed by atoms with E-state index >= 15 is 0 Å². The number of hydrogen-bond donors (Lipinski definition) is 0. The molecule has 2 aromatic carbocycles. The predicted molar refractivity (Wildman–Crippen MR) is 95.5 cm³/mol. The van der Waals surface area contributed by atoms with Crippen molar-refractivity contribution in [1.29, 1.82) is 0 Å². The van der Waals surface area contributed by atoms with E-state index in [0.29, 0.717) is 11.8 Å². The molecule has 0 saturated heterocycles. The van der Waals surface area contributed by atoms with Gasteiger partial charge in [0.15, 0.2) is 0 Å². The average Bonchev–Trinajstić information content (AvgIpc) is 2.54. The molecule has 0 bridgehead atoms. The van der Waals surface area contributed by atoms with Crippen molar-refractivity contribution >= 4 is 41.0 Å². The fourth-order valence-corrected chi connectivity index (χ4v) is 2.53. The molecule has 2 aromatic rings. The van der Waals surface area contributed by atoms with Crippen LogP contribution in [0.4, 0.5) is 5.69 Å². The minimum atomic E-state index is 0.604. The first-order chi connectivity index (χ1) is 10.3. The number of benzene rings is 2. The zero-order chi connectivity index (χ0) is 14.9. The van der Waals surface area contributed by atoms with Crippen LogP contribution in [0, 0.1) is 0 Å². The van der Waals surface area contributed by atoms with E-state index in [1.165, 1.54) is 11.1 Å². The first-order valence-corrected chi connectivity index (χ1v) is 8.10. The van der Waals surface area contributed by atoms with E-state index in [0.717, 1.165) is 18.8 Å². The third kappa shape index (κ3) is 5.11. The fraction of sp³-hybridized carbons (Fsp3) is 0.222. The molecule has 0 heterocycles. The summed E-state index contributed by atoms with van der Waals surface area (Å²) in [6.45, 7) is 1.63. The monoisotopic (exact) mass is 319 g/mol. The predicted octanol–water partition coefficient (Wildman–Crippen LogP) is 5.14. The molecule has 0 atom stereocenters. The normalized spacial score (nSPS) is 11.0. The van der Waals surface area contributed by atoms with Gasteiger partial charge in [0.2, 0.25) is 0 Å². The Hall–Kier alpha value is -1.44. The quantitative estimate of drug-likeness (QED) is 0.504. The zero-order valence-electron chi connectivity index (χ0n) is 11.9. The number of anilines is 1. The summed E-state index contributed by atoms with van der Waals surface area (Å²) in [5.41, 5.74) is 3.54. The van der Waals surface area contributed by atoms with Crippen molar-refractivity contribution in [3.63, 3.8) is 0 Å². The van der Waals surface area contributed by atoms with Crippen molar-refractivity contribution in [2.45, 2.75) is 0 Å². The highest BCUT2D eigenvalue weighted by Gasteiger charge is 2.04. The highest BCUT2D eigenvalue weighted by atomic mass is 35.5. The Bertz CT molecular complexity index is 543. The van der Waals surface area contributed by atoms with Crippen LogP contribution < -0.4 is 4.90 Å². The Morgan fingerprint density at radius 1 is 0.714 bits per heavy atom. The van der Waals surface area contributed by atoms with Crippen LogP contribution in [-0.4, -0.2) is 24.8 Å². The molecule has 3 heteroatoms. The Labute approximate surface area is 136 Å². The van der Waals surface area contributed by atoms with Crippen LogP contribution in [-0.2, 0) is 0 Å². The Kier molecular flexibility index (Phi) is 6.65. The van der Waals surface area contributed by atoms with E-state index in [1.54, 1.807) is 0 Å². The van der Waals surface area contributed by atoms with Crippen molar-refractivity contribution < 1.29 is 0 Å². The summed E-state index contributed by atoms with van der Waals surface area (Å²) in [5.74, 6) is 1.21. The molecular formula is C18H19Cl2N. The molecule has 0 amide bonds. The zero-order valence-corrected chi connectivity index (χ0v) is 13.4. The summed E-state index contributed by atoms with van der Waals surface area (Å²) >= 11 is 11.7. The summed E-state index contributed by atoms with van der Waals surface area (Å²) in [5, 5.41) is 0. The summed E-state index contributed by atoms with van der Waals surface area (Å²) in [4.78, 5) is 2.20. The highest BCUT2D eigenvalue weighted by Crippen LogP contribution is 2.17. The van der Waals surface area contributed by atoms with Crippen molar-refractivity contribution in [1.82, 2.24) is 0 Å². The third-order valence-corrected chi connectivity index (χ3v) is 3.57. The maximum absolute atomic E-state index is 5.83. The van der Waals surface area contributed by atoms with Gasteiger partial charge in [0.25, 0.3) is 0 Å². The van der Waals surface area contributed by atoms with Crippen LogP contribution in [0.15, 0.2) is 54.6 Å². The van der Waals surface area contributed by atoms with E-state index in [9.17, 15) is 0 Å². The van der Waals surface area contributed by atoms with Crippen LogP contribution in [0.1, 0.15) is 11.1 Å². The van der Waals surface area contributed by atoms with Gasteiger partial charge in [0.05, 0.1) is 0 Å². The molecule has 0 spiro atoms. The minimum Gasteiger partial charge on any atom is -0.369 e. The maximum Gasteiger partial charge on any atom is 0.0399 e. The summed E-state index contributed by atoms with van der Waals surface area (Å²) < 4.78 is 0. The molecule has 0 aliphatic heterocycles. The van der Waals surface area contributed by atoms with Gasteiger partial charge in [-0.3, -0.25) is 0 Å². The highest BCUT2D eigenvalue weighted by molar-refractivity contribution is 6.18. The van der Waals surface area contributed by atoms with Gasteiger partial charge in [0, 0.05) is 30.5 Å². The molecule has 21 heavy (non-hydrogen) atoms. The van der Waals surface area contributed by atoms with Crippen molar-refractivity contribution in [2.75, 3.05) is 29.7 Å². The second-order valence-corrected chi connectivity index (χ2v) is 5.46. The topological polar surface area (TPSA) is 3.24 Å². The van der Waals surface area contributed by atoms with Gasteiger partial charge in [0.1, 0.15) is 0 Å². The molecule has 1 nitrogen and oxygen atoms in total. The van der Waals surface area contributed by atoms with Gasteiger partial charge < -0.3 is 4.90 Å². The van der Waals surface area contributed by atoms with E-state index in [1.807, 2.05) is 18.2 Å². The molecule has 110 valence electrons. The molecule has 0 fully saturated rings. The van der Waals surface area contributed by atoms with Gasteiger partial charge in [-0.15, -0.1) is 23.2 Å². The molecular weight excluding hydrogens is 301 g/mol. The first-order valence-electron chi connectivity index (χ1n) is 7.03. The van der Waals surface area contributed by atoms with Crippen LogP contribution in [0.3, 0.4) is 0 Å². The summed E-state index contributed by atoms with van der Waals surface area (Å²) in [6.07, 6.45) is 4.23. The van der Waals surface area contributed by atoms with Crippen LogP contribution >= 0.6 is 23.2 Å². The maximum atomic E-state index is 5.83. The van der Waals surface area contributed by atoms with Crippen LogP contribution in [0.2, 0.25) is 0 Å². The Morgan fingerprint density at radius 3 is 1.76 bits per heavy atom. The van der Waals surface area contributed by atoms with Gasteiger partial charge in [-0.05, 0) is 23.3 Å². The minimum absolute atomic E-state index is 0.604. The lowest BCUT2D eigenvalue weighted by Gasteiger charge is -2.22. The largest absolute Gasteiger partial charge is 0.369 e. The fourth-order valence-electron chi connectivity index (χ4n) is 2.13. The van der Waals surface area contributed by atoms with E-state index in [2.05, 4.69) is 53.5 Å². The van der Waals surface area contributed by atoms with Crippen LogP contribution in [0.25, 0.3) is 12.2 Å². The molecule has 2 rings (SSSR count). The summed E-state index contributed by atoms with van der Waals surface area (Å²) in [6, 6.07) is 18.7. The average molecular weight is 320 g/mol. The number of alkyl halides is 2. The number of rotatable bonds is 7. The third-order valence-electron chi connectivity index (χ3n) is 3.23. The number of hydrogen-bond acceptors (Lipinski definition) is 1. The van der Waals surface area contributed by atoms with Crippen molar-refractivity contribution in [3.8, 4) is 0 Å². The van der Waals surface area contributed by atoms with Crippen molar-refractivity contribution in [3.05, 3.63) is 65.7 Å². The smallest absolute Gasteiger partial charge is 0.0399 e. The first kappa shape index (κ1) is 15.9. The second kappa shape index (κ2) is 8.76.